The first-order chi connectivity index (χ1) is 7.79. The number of aliphatic hydroxyl groups is 1. The molecular formula is C14H25NOS. The highest BCUT2D eigenvalue weighted by Gasteiger charge is 2.17. The van der Waals surface area contributed by atoms with Gasteiger partial charge in [0, 0.05) is 17.5 Å². The second-order valence-electron chi connectivity index (χ2n) is 6.02. The van der Waals surface area contributed by atoms with E-state index >= 15 is 0 Å². The lowest BCUT2D eigenvalue weighted by Crippen LogP contribution is -2.31. The smallest absolute Gasteiger partial charge is 0.0669 e. The van der Waals surface area contributed by atoms with Gasteiger partial charge in [-0.05, 0) is 42.7 Å². The first-order valence-electron chi connectivity index (χ1n) is 6.25. The minimum atomic E-state index is -0.266. The Labute approximate surface area is 109 Å². The van der Waals surface area contributed by atoms with Crippen molar-refractivity contribution < 1.29 is 5.11 Å². The van der Waals surface area contributed by atoms with E-state index in [-0.39, 0.29) is 11.5 Å². The highest BCUT2D eigenvalue weighted by molar-refractivity contribution is 7.10. The van der Waals surface area contributed by atoms with Gasteiger partial charge in [0.25, 0.3) is 0 Å². The van der Waals surface area contributed by atoms with Crippen LogP contribution in [0.3, 0.4) is 0 Å². The van der Waals surface area contributed by atoms with E-state index in [0.717, 1.165) is 6.42 Å². The lowest BCUT2D eigenvalue weighted by atomic mass is 9.89. The van der Waals surface area contributed by atoms with Gasteiger partial charge in [0.15, 0.2) is 0 Å². The van der Waals surface area contributed by atoms with Crippen molar-refractivity contribution >= 4 is 11.3 Å². The molecule has 2 unspecified atom stereocenters. The van der Waals surface area contributed by atoms with Crippen LogP contribution in [-0.2, 0) is 0 Å². The predicted octanol–water partition coefficient (Wildman–Crippen LogP) is 3.50. The Morgan fingerprint density at radius 1 is 1.41 bits per heavy atom. The third-order valence-corrected chi connectivity index (χ3v) is 4.00. The summed E-state index contributed by atoms with van der Waals surface area (Å²) >= 11 is 1.78. The maximum Gasteiger partial charge on any atom is 0.0669 e. The van der Waals surface area contributed by atoms with Gasteiger partial charge >= 0.3 is 0 Å². The van der Waals surface area contributed by atoms with Gasteiger partial charge in [-0.15, -0.1) is 11.3 Å². The molecule has 0 aliphatic carbocycles. The fourth-order valence-corrected chi connectivity index (χ4v) is 2.97. The van der Waals surface area contributed by atoms with Crippen molar-refractivity contribution in [3.63, 3.8) is 0 Å². The third kappa shape index (κ3) is 5.19. The van der Waals surface area contributed by atoms with Crippen molar-refractivity contribution in [1.29, 1.82) is 0 Å². The van der Waals surface area contributed by atoms with Gasteiger partial charge in [-0.25, -0.2) is 0 Å². The molecular weight excluding hydrogens is 230 g/mol. The average Bonchev–Trinajstić information content (AvgIpc) is 2.58. The highest BCUT2D eigenvalue weighted by Crippen LogP contribution is 2.24. The van der Waals surface area contributed by atoms with Crippen LogP contribution in [0.15, 0.2) is 11.4 Å². The van der Waals surface area contributed by atoms with Crippen LogP contribution in [0.4, 0.5) is 0 Å². The van der Waals surface area contributed by atoms with Crippen molar-refractivity contribution in [1.82, 2.24) is 5.32 Å². The summed E-state index contributed by atoms with van der Waals surface area (Å²) in [7, 11) is 0. The Morgan fingerprint density at radius 2 is 2.06 bits per heavy atom. The summed E-state index contributed by atoms with van der Waals surface area (Å²) < 4.78 is 0. The summed E-state index contributed by atoms with van der Waals surface area (Å²) in [4.78, 5) is 1.37. The summed E-state index contributed by atoms with van der Waals surface area (Å²) in [5, 5.41) is 15.5. The Hall–Kier alpha value is -0.380. The van der Waals surface area contributed by atoms with Crippen LogP contribution in [0.5, 0.6) is 0 Å². The number of aryl methyl sites for hydroxylation is 1. The van der Waals surface area contributed by atoms with Crippen LogP contribution < -0.4 is 5.32 Å². The van der Waals surface area contributed by atoms with Crippen LogP contribution in [0.1, 0.15) is 50.6 Å². The SMILES string of the molecule is Cc1ccsc1C(C)NCC(O)CC(C)(C)C. The Morgan fingerprint density at radius 3 is 2.53 bits per heavy atom. The standard InChI is InChI=1S/C14H25NOS/c1-10-6-7-17-13(10)11(2)15-9-12(16)8-14(3,4)5/h6-7,11-12,15-16H,8-9H2,1-5H3. The minimum absolute atomic E-state index is 0.184. The molecule has 2 N–H and O–H groups in total. The normalized spacial score (nSPS) is 15.9. The van der Waals surface area contributed by atoms with Gasteiger partial charge in [-0.1, -0.05) is 20.8 Å². The minimum Gasteiger partial charge on any atom is -0.392 e. The molecule has 1 heterocycles. The summed E-state index contributed by atoms with van der Waals surface area (Å²) in [6.45, 7) is 11.4. The molecule has 0 aromatic carbocycles. The molecule has 0 fully saturated rings. The molecule has 98 valence electrons. The second-order valence-corrected chi connectivity index (χ2v) is 6.96. The van der Waals surface area contributed by atoms with E-state index in [9.17, 15) is 5.11 Å². The van der Waals surface area contributed by atoms with Crippen LogP contribution in [0.2, 0.25) is 0 Å². The van der Waals surface area contributed by atoms with Gasteiger partial charge in [-0.2, -0.15) is 0 Å². The van der Waals surface area contributed by atoms with Crippen molar-refractivity contribution in [2.24, 2.45) is 5.41 Å². The fraction of sp³-hybridized carbons (Fsp3) is 0.714. The lowest BCUT2D eigenvalue weighted by Gasteiger charge is -2.24. The van der Waals surface area contributed by atoms with Gasteiger partial charge in [-0.3, -0.25) is 0 Å². The van der Waals surface area contributed by atoms with Crippen molar-refractivity contribution in [2.75, 3.05) is 6.54 Å². The molecule has 1 rings (SSSR count). The molecule has 2 atom stereocenters. The summed E-state index contributed by atoms with van der Waals surface area (Å²) in [5.74, 6) is 0. The van der Waals surface area contributed by atoms with Crippen LogP contribution in [0, 0.1) is 12.3 Å². The molecule has 0 saturated heterocycles. The molecule has 0 radical (unpaired) electrons. The third-order valence-electron chi connectivity index (χ3n) is 2.80. The molecule has 0 spiro atoms. The van der Waals surface area contributed by atoms with E-state index in [1.807, 2.05) is 0 Å². The maximum absolute atomic E-state index is 9.94. The van der Waals surface area contributed by atoms with E-state index in [2.05, 4.69) is 51.4 Å². The zero-order valence-corrected chi connectivity index (χ0v) is 12.4. The fourth-order valence-electron chi connectivity index (χ4n) is 2.01. The number of hydrogen-bond donors (Lipinski definition) is 2. The van der Waals surface area contributed by atoms with Crippen molar-refractivity contribution in [3.8, 4) is 0 Å². The Bertz CT molecular complexity index is 340. The first kappa shape index (κ1) is 14.7. The highest BCUT2D eigenvalue weighted by atomic mass is 32.1. The summed E-state index contributed by atoms with van der Waals surface area (Å²) in [5.41, 5.74) is 1.52. The summed E-state index contributed by atoms with van der Waals surface area (Å²) in [6, 6.07) is 2.47. The molecule has 0 bridgehead atoms. The van der Waals surface area contributed by atoms with E-state index < -0.39 is 0 Å². The molecule has 1 aromatic heterocycles. The molecule has 1 aromatic rings. The molecule has 0 saturated carbocycles. The van der Waals surface area contributed by atoms with Crippen molar-refractivity contribution in [3.05, 3.63) is 21.9 Å². The predicted molar refractivity (Wildman–Crippen MR) is 75.6 cm³/mol. The van der Waals surface area contributed by atoms with Crippen LogP contribution in [-0.4, -0.2) is 17.8 Å². The van der Waals surface area contributed by atoms with Crippen LogP contribution >= 0.6 is 11.3 Å². The Balaban J connectivity index is 2.39. The summed E-state index contributed by atoms with van der Waals surface area (Å²) in [6.07, 6.45) is 0.564. The second kappa shape index (κ2) is 5.98. The molecule has 2 nitrogen and oxygen atoms in total. The molecule has 0 aliphatic heterocycles. The molecule has 0 amide bonds. The van der Waals surface area contributed by atoms with E-state index in [4.69, 9.17) is 0 Å². The van der Waals surface area contributed by atoms with Crippen molar-refractivity contribution in [2.45, 2.75) is 53.2 Å². The lowest BCUT2D eigenvalue weighted by molar-refractivity contribution is 0.117. The zero-order chi connectivity index (χ0) is 13.1. The van der Waals surface area contributed by atoms with Gasteiger partial charge < -0.3 is 10.4 Å². The van der Waals surface area contributed by atoms with E-state index in [1.54, 1.807) is 11.3 Å². The van der Waals surface area contributed by atoms with E-state index in [0.29, 0.717) is 12.6 Å². The van der Waals surface area contributed by atoms with E-state index in [1.165, 1.54) is 10.4 Å². The number of aliphatic hydroxyl groups excluding tert-OH is 1. The number of thiophene rings is 1. The van der Waals surface area contributed by atoms with Gasteiger partial charge in [0.05, 0.1) is 6.10 Å². The largest absolute Gasteiger partial charge is 0.392 e. The topological polar surface area (TPSA) is 32.3 Å². The Kier molecular flexibility index (Phi) is 5.17. The first-order valence-corrected chi connectivity index (χ1v) is 7.13. The molecule has 17 heavy (non-hydrogen) atoms. The average molecular weight is 255 g/mol. The number of hydrogen-bond acceptors (Lipinski definition) is 3. The molecule has 3 heteroatoms. The zero-order valence-electron chi connectivity index (χ0n) is 11.6. The molecule has 0 aliphatic rings. The van der Waals surface area contributed by atoms with Gasteiger partial charge in [0.1, 0.15) is 0 Å². The number of nitrogens with one attached hydrogen (secondary N) is 1. The van der Waals surface area contributed by atoms with Crippen LogP contribution in [0.25, 0.3) is 0 Å². The number of rotatable bonds is 5. The quantitative estimate of drug-likeness (QED) is 0.844. The van der Waals surface area contributed by atoms with Gasteiger partial charge in [0.2, 0.25) is 0 Å². The monoisotopic (exact) mass is 255 g/mol. The maximum atomic E-state index is 9.94.